The highest BCUT2D eigenvalue weighted by Gasteiger charge is 2.38. The number of imide groups is 1. The third-order valence-electron chi connectivity index (χ3n) is 3.29. The van der Waals surface area contributed by atoms with E-state index in [4.69, 9.17) is 0 Å². The normalized spacial score (nSPS) is 14.5. The quantitative estimate of drug-likeness (QED) is 0.632. The number of carbonyl (C=O) groups excluding carboxylic acids is 2. The molecule has 0 unspecified atom stereocenters. The number of benzene rings is 1. The number of hydrogen-bond acceptors (Lipinski definition) is 5. The molecule has 0 saturated heterocycles. The largest absolute Gasteiger partial charge is 0.451 e. The van der Waals surface area contributed by atoms with Gasteiger partial charge < -0.3 is 4.57 Å². The fraction of sp³-hybridized carbons (Fsp3) is 0.231. The predicted molar refractivity (Wildman–Crippen MR) is 73.7 cm³/mol. The summed E-state index contributed by atoms with van der Waals surface area (Å²) in [7, 11) is 1.17. The zero-order valence-corrected chi connectivity index (χ0v) is 12.5. The average Bonchev–Trinajstić information content (AvgIpc) is 2.98. The molecule has 10 heteroatoms. The van der Waals surface area contributed by atoms with Crippen LogP contribution in [0.25, 0.3) is 0 Å². The zero-order valence-electron chi connectivity index (χ0n) is 11.7. The topological polar surface area (TPSA) is 68.1 Å². The van der Waals surface area contributed by atoms with Crippen molar-refractivity contribution in [3.05, 3.63) is 41.2 Å². The second-order valence-electron chi connectivity index (χ2n) is 4.72. The SMILES string of the molecule is Cn1c(SCN2C(=O)c3ccccc3C2=O)nnc1C(F)(F)F. The van der Waals surface area contributed by atoms with Crippen LogP contribution >= 0.6 is 11.8 Å². The van der Waals surface area contributed by atoms with Gasteiger partial charge in [0.25, 0.3) is 11.8 Å². The number of rotatable bonds is 3. The van der Waals surface area contributed by atoms with Crippen molar-refractivity contribution in [3.63, 3.8) is 0 Å². The number of aromatic nitrogens is 3. The molecule has 6 nitrogen and oxygen atoms in total. The van der Waals surface area contributed by atoms with Gasteiger partial charge in [-0.2, -0.15) is 13.2 Å². The van der Waals surface area contributed by atoms with E-state index in [1.54, 1.807) is 12.1 Å². The van der Waals surface area contributed by atoms with Gasteiger partial charge >= 0.3 is 6.18 Å². The van der Waals surface area contributed by atoms with Gasteiger partial charge in [0.1, 0.15) is 0 Å². The summed E-state index contributed by atoms with van der Waals surface area (Å²) in [5.41, 5.74) is 0.569. The Hall–Kier alpha value is -2.36. The van der Waals surface area contributed by atoms with Crippen molar-refractivity contribution in [2.45, 2.75) is 11.3 Å². The molecule has 1 aromatic heterocycles. The summed E-state index contributed by atoms with van der Waals surface area (Å²) in [6.07, 6.45) is -4.62. The van der Waals surface area contributed by atoms with Crippen LogP contribution in [0.5, 0.6) is 0 Å². The van der Waals surface area contributed by atoms with E-state index >= 15 is 0 Å². The van der Waals surface area contributed by atoms with Gasteiger partial charge in [-0.05, 0) is 12.1 Å². The van der Waals surface area contributed by atoms with Crippen molar-refractivity contribution in [3.8, 4) is 0 Å². The summed E-state index contributed by atoms with van der Waals surface area (Å²) in [4.78, 5) is 25.3. The first-order chi connectivity index (χ1) is 10.8. The summed E-state index contributed by atoms with van der Waals surface area (Å²) in [5.74, 6) is -2.23. The van der Waals surface area contributed by atoms with Crippen molar-refractivity contribution >= 4 is 23.6 Å². The molecule has 0 fully saturated rings. The van der Waals surface area contributed by atoms with Crippen LogP contribution in [0.3, 0.4) is 0 Å². The highest BCUT2D eigenvalue weighted by Crippen LogP contribution is 2.31. The number of alkyl halides is 3. The molecule has 0 bridgehead atoms. The van der Waals surface area contributed by atoms with Crippen LogP contribution in [0.1, 0.15) is 26.5 Å². The maximum absolute atomic E-state index is 12.7. The molecule has 1 aromatic carbocycles. The second-order valence-corrected chi connectivity index (χ2v) is 5.63. The van der Waals surface area contributed by atoms with Crippen LogP contribution in [-0.2, 0) is 13.2 Å². The van der Waals surface area contributed by atoms with E-state index in [9.17, 15) is 22.8 Å². The minimum atomic E-state index is -4.62. The lowest BCUT2D eigenvalue weighted by Crippen LogP contribution is -2.29. The first kappa shape index (κ1) is 15.5. The number of fused-ring (bicyclic) bond motifs is 1. The van der Waals surface area contributed by atoms with E-state index in [0.717, 1.165) is 21.2 Å². The predicted octanol–water partition coefficient (Wildman–Crippen LogP) is 2.18. The lowest BCUT2D eigenvalue weighted by atomic mass is 10.1. The van der Waals surface area contributed by atoms with Gasteiger partial charge in [0, 0.05) is 7.05 Å². The van der Waals surface area contributed by atoms with Crippen molar-refractivity contribution in [1.82, 2.24) is 19.7 Å². The fourth-order valence-corrected chi connectivity index (χ4v) is 3.02. The average molecular weight is 342 g/mol. The maximum atomic E-state index is 12.7. The number of halogens is 3. The lowest BCUT2D eigenvalue weighted by Gasteiger charge is -2.12. The number of thioether (sulfide) groups is 1. The molecule has 0 N–H and O–H groups in total. The van der Waals surface area contributed by atoms with E-state index in [0.29, 0.717) is 0 Å². The summed E-state index contributed by atoms with van der Waals surface area (Å²) < 4.78 is 38.7. The standard InChI is InChI=1S/C13H9F3N4O2S/c1-19-11(13(14,15)16)17-18-12(19)23-6-20-9(21)7-4-2-3-5-8(7)10(20)22/h2-5H,6H2,1H3. The lowest BCUT2D eigenvalue weighted by molar-refractivity contribution is -0.147. The molecule has 0 atom stereocenters. The Bertz CT molecular complexity index is 768. The van der Waals surface area contributed by atoms with Crippen LogP contribution in [0.2, 0.25) is 0 Å². The molecule has 3 rings (SSSR count). The van der Waals surface area contributed by atoms with Gasteiger partial charge in [-0.1, -0.05) is 23.9 Å². The van der Waals surface area contributed by atoms with Crippen molar-refractivity contribution in [2.75, 3.05) is 5.88 Å². The summed E-state index contributed by atoms with van der Waals surface area (Å²) in [5, 5.41) is 6.50. The van der Waals surface area contributed by atoms with Crippen molar-refractivity contribution in [2.24, 2.45) is 7.05 Å². The van der Waals surface area contributed by atoms with Gasteiger partial charge in [0.05, 0.1) is 17.0 Å². The molecule has 0 saturated carbocycles. The van der Waals surface area contributed by atoms with Crippen LogP contribution in [0.15, 0.2) is 29.4 Å². The van der Waals surface area contributed by atoms with Crippen molar-refractivity contribution < 1.29 is 22.8 Å². The molecule has 2 amide bonds. The van der Waals surface area contributed by atoms with E-state index in [-0.39, 0.29) is 22.2 Å². The van der Waals surface area contributed by atoms with Crippen LogP contribution < -0.4 is 0 Å². The third-order valence-corrected chi connectivity index (χ3v) is 4.29. The number of hydrogen-bond donors (Lipinski definition) is 0. The highest BCUT2D eigenvalue weighted by atomic mass is 32.2. The molecule has 2 aromatic rings. The van der Waals surface area contributed by atoms with Gasteiger partial charge in [0.2, 0.25) is 5.82 Å². The molecular weight excluding hydrogens is 333 g/mol. The Morgan fingerprint density at radius 3 is 2.13 bits per heavy atom. The zero-order chi connectivity index (χ0) is 16.8. The number of nitrogens with zero attached hydrogens (tertiary/aromatic N) is 4. The van der Waals surface area contributed by atoms with Gasteiger partial charge in [-0.15, -0.1) is 10.2 Å². The monoisotopic (exact) mass is 342 g/mol. The van der Waals surface area contributed by atoms with Crippen molar-refractivity contribution in [1.29, 1.82) is 0 Å². The molecule has 1 aliphatic rings. The van der Waals surface area contributed by atoms with Crippen LogP contribution in [-0.4, -0.2) is 37.4 Å². The van der Waals surface area contributed by atoms with E-state index in [2.05, 4.69) is 10.2 Å². The van der Waals surface area contributed by atoms with E-state index in [1.807, 2.05) is 0 Å². The molecule has 0 aliphatic carbocycles. The molecule has 23 heavy (non-hydrogen) atoms. The highest BCUT2D eigenvalue weighted by molar-refractivity contribution is 7.99. The van der Waals surface area contributed by atoms with Crippen LogP contribution in [0, 0.1) is 0 Å². The Morgan fingerprint density at radius 1 is 1.09 bits per heavy atom. The van der Waals surface area contributed by atoms with E-state index in [1.165, 1.54) is 19.2 Å². The van der Waals surface area contributed by atoms with Crippen LogP contribution in [0.4, 0.5) is 13.2 Å². The summed E-state index contributed by atoms with van der Waals surface area (Å²) in [6.45, 7) is 0. The maximum Gasteiger partial charge on any atom is 0.451 e. The number of carbonyl (C=O) groups is 2. The fourth-order valence-electron chi connectivity index (χ4n) is 2.17. The minimum Gasteiger partial charge on any atom is -0.301 e. The molecule has 1 aliphatic heterocycles. The summed E-state index contributed by atoms with van der Waals surface area (Å²) >= 11 is 0.833. The smallest absolute Gasteiger partial charge is 0.301 e. The Morgan fingerprint density at radius 2 is 1.65 bits per heavy atom. The first-order valence-corrected chi connectivity index (χ1v) is 7.34. The molecule has 120 valence electrons. The number of amides is 2. The van der Waals surface area contributed by atoms with Gasteiger partial charge in [0.15, 0.2) is 5.16 Å². The molecule has 0 spiro atoms. The third kappa shape index (κ3) is 2.58. The van der Waals surface area contributed by atoms with Gasteiger partial charge in [-0.3, -0.25) is 14.5 Å². The van der Waals surface area contributed by atoms with E-state index < -0.39 is 23.8 Å². The Balaban J connectivity index is 1.77. The van der Waals surface area contributed by atoms with Gasteiger partial charge in [-0.25, -0.2) is 0 Å². The Labute approximate surface area is 132 Å². The summed E-state index contributed by atoms with van der Waals surface area (Å²) in [6, 6.07) is 6.34. The first-order valence-electron chi connectivity index (χ1n) is 6.35. The molecular formula is C13H9F3N4O2S. The molecule has 2 heterocycles. The Kier molecular flexibility index (Phi) is 3.63. The minimum absolute atomic E-state index is 0.0334. The molecule has 0 radical (unpaired) electrons. The second kappa shape index (κ2) is 5.37.